The standard InChI is InChI=1S/2C2H2O4.Fe.Na.H2O/c2*3-1(4)2(5)6;;;/h2*(H,3,4)(H,5,6);;;1H2/q;;;+1;/p-4. The molecule has 0 spiro atoms. The number of carboxylic acids is 4. The Kier molecular flexibility index (Phi) is 30.8. The van der Waals surface area contributed by atoms with Crippen molar-refractivity contribution in [2.45, 2.75) is 0 Å². The summed E-state index contributed by atoms with van der Waals surface area (Å²) in [6, 6.07) is 0. The van der Waals surface area contributed by atoms with Gasteiger partial charge in [-0.1, -0.05) is 0 Å². The largest absolute Gasteiger partial charge is 1.00 e. The van der Waals surface area contributed by atoms with E-state index in [4.69, 9.17) is 39.6 Å². The van der Waals surface area contributed by atoms with Crippen LogP contribution in [-0.4, -0.2) is 29.4 Å². The molecule has 84 valence electrons. The number of carboxylic acid groups (broad SMARTS) is 4. The van der Waals surface area contributed by atoms with Crippen LogP contribution >= 0.6 is 0 Å². The van der Waals surface area contributed by atoms with Crippen LogP contribution in [0.25, 0.3) is 0 Å². The summed E-state index contributed by atoms with van der Waals surface area (Å²) in [5.74, 6) is -8.74. The summed E-state index contributed by atoms with van der Waals surface area (Å²) in [5, 5.41) is 35.7. The van der Waals surface area contributed by atoms with Crippen LogP contribution in [0.4, 0.5) is 0 Å². The van der Waals surface area contributed by atoms with Gasteiger partial charge >= 0.3 is 29.6 Å². The molecular formula is C4H2FeNaO9-3. The van der Waals surface area contributed by atoms with E-state index in [1.165, 1.54) is 0 Å². The minimum Gasteiger partial charge on any atom is -0.543 e. The zero-order chi connectivity index (χ0) is 10.3. The third-order valence-corrected chi connectivity index (χ3v) is 0.333. The fraction of sp³-hybridized carbons (Fsp3) is 0. The number of carbonyl (C=O) groups excluding carboxylic acids is 4. The number of rotatable bonds is 0. The Balaban J connectivity index is -0.0000000370. The van der Waals surface area contributed by atoms with Crippen molar-refractivity contribution < 1.29 is 91.7 Å². The molecule has 0 fully saturated rings. The van der Waals surface area contributed by atoms with Gasteiger partial charge in [0.2, 0.25) is 0 Å². The van der Waals surface area contributed by atoms with Crippen LogP contribution in [0.2, 0.25) is 0 Å². The van der Waals surface area contributed by atoms with Crippen molar-refractivity contribution in [2.24, 2.45) is 0 Å². The molecule has 0 aromatic heterocycles. The number of aliphatic carboxylic acids is 4. The van der Waals surface area contributed by atoms with Crippen LogP contribution < -0.4 is 50.0 Å². The number of carbonyl (C=O) groups is 4. The second-order valence-electron chi connectivity index (χ2n) is 1.15. The number of hydrogen-bond acceptors (Lipinski definition) is 8. The van der Waals surface area contributed by atoms with Gasteiger partial charge in [-0.3, -0.25) is 0 Å². The molecular weight excluding hydrogens is 271 g/mol. The Morgan fingerprint density at radius 1 is 0.600 bits per heavy atom. The first-order valence-electron chi connectivity index (χ1n) is 2.13. The maximum absolute atomic E-state index is 8.93. The first-order chi connectivity index (χ1) is 5.29. The summed E-state index contributed by atoms with van der Waals surface area (Å²) in [6.45, 7) is 0. The quantitative estimate of drug-likeness (QED) is 0.306. The van der Waals surface area contributed by atoms with E-state index >= 15 is 0 Å². The van der Waals surface area contributed by atoms with Gasteiger partial charge in [-0.25, -0.2) is 0 Å². The number of hydrogen-bond donors (Lipinski definition) is 0. The van der Waals surface area contributed by atoms with Crippen LogP contribution in [0.1, 0.15) is 0 Å². The Morgan fingerprint density at radius 3 is 0.667 bits per heavy atom. The van der Waals surface area contributed by atoms with Crippen molar-refractivity contribution >= 4 is 23.9 Å². The van der Waals surface area contributed by atoms with Gasteiger partial charge in [0.25, 0.3) is 0 Å². The maximum atomic E-state index is 8.93. The van der Waals surface area contributed by atoms with E-state index < -0.39 is 23.9 Å². The van der Waals surface area contributed by atoms with Gasteiger partial charge in [0.1, 0.15) is 0 Å². The van der Waals surface area contributed by atoms with Gasteiger partial charge in [0, 0.05) is 17.1 Å². The van der Waals surface area contributed by atoms with E-state index in [2.05, 4.69) is 0 Å². The molecule has 0 rings (SSSR count). The molecule has 0 aromatic rings. The van der Waals surface area contributed by atoms with E-state index in [1.807, 2.05) is 0 Å². The van der Waals surface area contributed by atoms with Gasteiger partial charge in [-0.15, -0.1) is 0 Å². The van der Waals surface area contributed by atoms with Crippen LogP contribution in [0.5, 0.6) is 0 Å². The normalized spacial score (nSPS) is 5.87. The van der Waals surface area contributed by atoms with E-state index in [1.54, 1.807) is 0 Å². The summed E-state index contributed by atoms with van der Waals surface area (Å²) in [6.07, 6.45) is 0. The van der Waals surface area contributed by atoms with Gasteiger partial charge in [0.05, 0.1) is 23.9 Å². The van der Waals surface area contributed by atoms with Crippen LogP contribution in [0.3, 0.4) is 0 Å². The average molecular weight is 273 g/mol. The predicted octanol–water partition coefficient (Wildman–Crippen LogP) is -10.9. The average Bonchev–Trinajstić information content (AvgIpc) is 1.88. The van der Waals surface area contributed by atoms with Crippen LogP contribution in [0, 0.1) is 0 Å². The Bertz CT molecular complexity index is 178. The maximum Gasteiger partial charge on any atom is 1.00 e. The van der Waals surface area contributed by atoms with Gasteiger partial charge in [-0.2, -0.15) is 0 Å². The summed E-state index contributed by atoms with van der Waals surface area (Å²) < 4.78 is 0. The first kappa shape index (κ1) is 29.3. The molecule has 11 heteroatoms. The molecule has 0 heterocycles. The molecule has 0 saturated carbocycles. The fourth-order valence-corrected chi connectivity index (χ4v) is 0. The predicted molar refractivity (Wildman–Crippen MR) is 23.6 cm³/mol. The summed E-state index contributed by atoms with van der Waals surface area (Å²) in [5.41, 5.74) is 0. The van der Waals surface area contributed by atoms with Crippen LogP contribution in [0.15, 0.2) is 0 Å². The zero-order valence-corrected chi connectivity index (χ0v) is 10.2. The minimum absolute atomic E-state index is 0. The van der Waals surface area contributed by atoms with E-state index in [0.717, 1.165) is 0 Å². The van der Waals surface area contributed by atoms with E-state index in [9.17, 15) is 0 Å². The molecule has 0 bridgehead atoms. The third-order valence-electron chi connectivity index (χ3n) is 0.333. The molecule has 0 aliphatic carbocycles. The Labute approximate surface area is 115 Å². The van der Waals surface area contributed by atoms with Crippen molar-refractivity contribution in [2.75, 3.05) is 0 Å². The van der Waals surface area contributed by atoms with Crippen molar-refractivity contribution in [1.82, 2.24) is 0 Å². The third kappa shape index (κ3) is 31.8. The van der Waals surface area contributed by atoms with E-state index in [0.29, 0.717) is 0 Å². The van der Waals surface area contributed by atoms with E-state index in [-0.39, 0.29) is 52.1 Å². The molecule has 2 N–H and O–H groups in total. The Morgan fingerprint density at radius 2 is 0.667 bits per heavy atom. The van der Waals surface area contributed by atoms with Crippen molar-refractivity contribution in [3.8, 4) is 0 Å². The second-order valence-corrected chi connectivity index (χ2v) is 1.15. The smallest absolute Gasteiger partial charge is 0.543 e. The molecule has 0 aromatic carbocycles. The molecule has 0 unspecified atom stereocenters. The molecule has 15 heavy (non-hydrogen) atoms. The summed E-state index contributed by atoms with van der Waals surface area (Å²) in [4.78, 5) is 35.7. The second kappa shape index (κ2) is 15.8. The molecule has 0 aliphatic heterocycles. The first-order valence-corrected chi connectivity index (χ1v) is 2.13. The van der Waals surface area contributed by atoms with Gasteiger partial charge < -0.3 is 45.1 Å². The summed E-state index contributed by atoms with van der Waals surface area (Å²) in [7, 11) is 0. The molecule has 0 amide bonds. The van der Waals surface area contributed by atoms with Crippen molar-refractivity contribution in [1.29, 1.82) is 0 Å². The SMILES string of the molecule is O.O=C([O-])C(=O)[O-].O=C([O-])C(=O)[O-].[Fe].[Na+]. The monoisotopic (exact) mass is 273 g/mol. The van der Waals surface area contributed by atoms with Gasteiger partial charge in [0.15, 0.2) is 0 Å². The molecule has 0 aliphatic rings. The molecule has 0 atom stereocenters. The molecule has 0 radical (unpaired) electrons. The zero-order valence-electron chi connectivity index (χ0n) is 7.12. The topological polar surface area (TPSA) is 192 Å². The van der Waals surface area contributed by atoms with Crippen molar-refractivity contribution in [3.63, 3.8) is 0 Å². The molecule has 9 nitrogen and oxygen atoms in total. The minimum atomic E-state index is -2.19. The molecule has 0 saturated heterocycles. The van der Waals surface area contributed by atoms with Crippen molar-refractivity contribution in [3.05, 3.63) is 0 Å². The fourth-order valence-electron chi connectivity index (χ4n) is 0. The van der Waals surface area contributed by atoms with Crippen LogP contribution in [-0.2, 0) is 36.2 Å². The van der Waals surface area contributed by atoms with Gasteiger partial charge in [-0.05, 0) is 0 Å². The Hall–Kier alpha value is -0.641. The summed E-state index contributed by atoms with van der Waals surface area (Å²) >= 11 is 0.